The van der Waals surface area contributed by atoms with Crippen molar-refractivity contribution >= 4 is 11.8 Å². The van der Waals surface area contributed by atoms with Crippen LogP contribution in [0, 0.1) is 16.7 Å². The van der Waals surface area contributed by atoms with Gasteiger partial charge in [0.25, 0.3) is 0 Å². The molecule has 1 rings (SSSR count). The van der Waals surface area contributed by atoms with E-state index in [1.54, 1.807) is 11.8 Å². The van der Waals surface area contributed by atoms with Crippen molar-refractivity contribution in [2.45, 2.75) is 51.0 Å². The van der Waals surface area contributed by atoms with Crippen molar-refractivity contribution in [1.82, 2.24) is 0 Å². The van der Waals surface area contributed by atoms with E-state index in [9.17, 15) is 10.4 Å². The van der Waals surface area contributed by atoms with E-state index in [4.69, 9.17) is 0 Å². The van der Waals surface area contributed by atoms with Gasteiger partial charge in [0, 0.05) is 0 Å². The summed E-state index contributed by atoms with van der Waals surface area (Å²) in [6.45, 7) is 0. The number of nitrogens with zero attached hydrogens (tertiary/aromatic N) is 1. The van der Waals surface area contributed by atoms with Gasteiger partial charge in [0.15, 0.2) is 0 Å². The standard InChI is InChI=1S/C12H21NOS/c1-15-9-6-11(14)12(10-13)7-4-2-3-5-8-12/h11,14H,2-9H2,1H3. The van der Waals surface area contributed by atoms with Crippen LogP contribution in [0.1, 0.15) is 44.9 Å². The van der Waals surface area contributed by atoms with Crippen LogP contribution in [0.3, 0.4) is 0 Å². The van der Waals surface area contributed by atoms with Crippen molar-refractivity contribution in [3.63, 3.8) is 0 Å². The molecule has 0 amide bonds. The minimum Gasteiger partial charge on any atom is -0.391 e. The van der Waals surface area contributed by atoms with Crippen LogP contribution >= 0.6 is 11.8 Å². The molecule has 0 bridgehead atoms. The summed E-state index contributed by atoms with van der Waals surface area (Å²) >= 11 is 1.74. The quantitative estimate of drug-likeness (QED) is 0.751. The van der Waals surface area contributed by atoms with Crippen LogP contribution in [-0.2, 0) is 0 Å². The number of hydrogen-bond acceptors (Lipinski definition) is 3. The molecule has 0 aliphatic heterocycles. The Labute approximate surface area is 97.1 Å². The lowest BCUT2D eigenvalue weighted by atomic mass is 9.76. The largest absolute Gasteiger partial charge is 0.391 e. The van der Waals surface area contributed by atoms with Gasteiger partial charge in [-0.05, 0) is 31.3 Å². The number of hydrogen-bond donors (Lipinski definition) is 1. The van der Waals surface area contributed by atoms with Crippen LogP contribution < -0.4 is 0 Å². The molecule has 1 unspecified atom stereocenters. The summed E-state index contributed by atoms with van der Waals surface area (Å²) in [6, 6.07) is 2.41. The van der Waals surface area contributed by atoms with E-state index in [2.05, 4.69) is 6.07 Å². The molecule has 3 heteroatoms. The minimum absolute atomic E-state index is 0.423. The second-order valence-corrected chi connectivity index (χ2v) is 5.47. The third kappa shape index (κ3) is 3.39. The van der Waals surface area contributed by atoms with E-state index in [0.29, 0.717) is 0 Å². The maximum atomic E-state index is 10.1. The molecule has 0 saturated heterocycles. The summed E-state index contributed by atoms with van der Waals surface area (Å²) in [5, 5.41) is 19.5. The topological polar surface area (TPSA) is 44.0 Å². The van der Waals surface area contributed by atoms with Crippen molar-refractivity contribution in [2.75, 3.05) is 12.0 Å². The van der Waals surface area contributed by atoms with Crippen LogP contribution in [-0.4, -0.2) is 23.2 Å². The Morgan fingerprint density at radius 2 is 1.93 bits per heavy atom. The first-order valence-electron chi connectivity index (χ1n) is 5.83. The van der Waals surface area contributed by atoms with Crippen molar-refractivity contribution in [3.8, 4) is 6.07 Å². The first-order chi connectivity index (χ1) is 7.25. The molecular formula is C12H21NOS. The summed E-state index contributed by atoms with van der Waals surface area (Å²) < 4.78 is 0. The van der Waals surface area contributed by atoms with Gasteiger partial charge in [0.1, 0.15) is 0 Å². The highest BCUT2D eigenvalue weighted by Gasteiger charge is 2.37. The molecule has 86 valence electrons. The average Bonchev–Trinajstić information content (AvgIpc) is 2.52. The first kappa shape index (κ1) is 12.9. The highest BCUT2D eigenvalue weighted by atomic mass is 32.2. The van der Waals surface area contributed by atoms with E-state index in [1.165, 1.54) is 12.8 Å². The molecule has 0 aromatic heterocycles. The third-order valence-corrected chi connectivity index (χ3v) is 4.10. The molecule has 0 spiro atoms. The molecule has 1 atom stereocenters. The molecule has 1 saturated carbocycles. The average molecular weight is 227 g/mol. The number of thioether (sulfide) groups is 1. The van der Waals surface area contributed by atoms with Crippen LogP contribution in [0.5, 0.6) is 0 Å². The molecule has 2 nitrogen and oxygen atoms in total. The SMILES string of the molecule is CSCCC(O)C1(C#N)CCCCCC1. The molecule has 15 heavy (non-hydrogen) atoms. The highest BCUT2D eigenvalue weighted by molar-refractivity contribution is 7.98. The maximum absolute atomic E-state index is 10.1. The van der Waals surface area contributed by atoms with Crippen LogP contribution in [0.15, 0.2) is 0 Å². The molecular weight excluding hydrogens is 206 g/mol. The second-order valence-electron chi connectivity index (χ2n) is 4.48. The van der Waals surface area contributed by atoms with E-state index in [-0.39, 0.29) is 0 Å². The maximum Gasteiger partial charge on any atom is 0.0832 e. The van der Waals surface area contributed by atoms with Crippen molar-refractivity contribution in [2.24, 2.45) is 5.41 Å². The van der Waals surface area contributed by atoms with Gasteiger partial charge in [-0.1, -0.05) is 25.7 Å². The second kappa shape index (κ2) is 6.40. The van der Waals surface area contributed by atoms with E-state index >= 15 is 0 Å². The van der Waals surface area contributed by atoms with Crippen LogP contribution in [0.2, 0.25) is 0 Å². The number of aliphatic hydroxyl groups excluding tert-OH is 1. The summed E-state index contributed by atoms with van der Waals surface area (Å²) in [4.78, 5) is 0. The van der Waals surface area contributed by atoms with Gasteiger partial charge in [-0.2, -0.15) is 17.0 Å². The van der Waals surface area contributed by atoms with Gasteiger partial charge in [-0.25, -0.2) is 0 Å². The smallest absolute Gasteiger partial charge is 0.0832 e. The Bertz CT molecular complexity index is 216. The molecule has 0 radical (unpaired) electrons. The normalized spacial score (nSPS) is 22.7. The van der Waals surface area contributed by atoms with Gasteiger partial charge in [0.05, 0.1) is 17.6 Å². The zero-order chi connectivity index (χ0) is 11.1. The Hall–Kier alpha value is -0.200. The zero-order valence-electron chi connectivity index (χ0n) is 9.54. The lowest BCUT2D eigenvalue weighted by Crippen LogP contribution is -2.34. The fraction of sp³-hybridized carbons (Fsp3) is 0.917. The molecule has 1 fully saturated rings. The monoisotopic (exact) mass is 227 g/mol. The third-order valence-electron chi connectivity index (χ3n) is 3.45. The Morgan fingerprint density at radius 1 is 1.33 bits per heavy atom. The van der Waals surface area contributed by atoms with E-state index in [0.717, 1.165) is 37.9 Å². The predicted octanol–water partition coefficient (Wildman–Crippen LogP) is 2.96. The van der Waals surface area contributed by atoms with Crippen LogP contribution in [0.25, 0.3) is 0 Å². The Morgan fingerprint density at radius 3 is 2.40 bits per heavy atom. The van der Waals surface area contributed by atoms with Gasteiger partial charge < -0.3 is 5.11 Å². The lowest BCUT2D eigenvalue weighted by Gasteiger charge is -2.30. The summed E-state index contributed by atoms with van der Waals surface area (Å²) in [7, 11) is 0. The molecule has 0 heterocycles. The van der Waals surface area contributed by atoms with E-state index in [1.807, 2.05) is 6.26 Å². The predicted molar refractivity (Wildman–Crippen MR) is 64.8 cm³/mol. The van der Waals surface area contributed by atoms with Gasteiger partial charge in [-0.15, -0.1) is 0 Å². The van der Waals surface area contributed by atoms with Crippen LogP contribution in [0.4, 0.5) is 0 Å². The number of rotatable bonds is 4. The van der Waals surface area contributed by atoms with Gasteiger partial charge in [0.2, 0.25) is 0 Å². The Balaban J connectivity index is 2.60. The molecule has 1 aliphatic rings. The van der Waals surface area contributed by atoms with Crippen molar-refractivity contribution in [3.05, 3.63) is 0 Å². The van der Waals surface area contributed by atoms with Gasteiger partial charge >= 0.3 is 0 Å². The number of nitriles is 1. The lowest BCUT2D eigenvalue weighted by molar-refractivity contribution is 0.0505. The number of aliphatic hydroxyl groups is 1. The summed E-state index contributed by atoms with van der Waals surface area (Å²) in [6.07, 6.45) is 8.80. The first-order valence-corrected chi connectivity index (χ1v) is 7.23. The molecule has 1 N–H and O–H groups in total. The summed E-state index contributed by atoms with van der Waals surface area (Å²) in [5.41, 5.74) is -0.438. The molecule has 0 aromatic carbocycles. The molecule has 1 aliphatic carbocycles. The van der Waals surface area contributed by atoms with Crippen molar-refractivity contribution in [1.29, 1.82) is 5.26 Å². The Kier molecular flexibility index (Phi) is 5.49. The summed E-state index contributed by atoms with van der Waals surface area (Å²) in [5.74, 6) is 0.949. The zero-order valence-corrected chi connectivity index (χ0v) is 10.4. The molecule has 0 aromatic rings. The fourth-order valence-corrected chi connectivity index (χ4v) is 2.84. The van der Waals surface area contributed by atoms with Crippen molar-refractivity contribution < 1.29 is 5.11 Å². The van der Waals surface area contributed by atoms with Gasteiger partial charge in [-0.3, -0.25) is 0 Å². The minimum atomic E-state index is -0.438. The van der Waals surface area contributed by atoms with E-state index < -0.39 is 11.5 Å². The highest BCUT2D eigenvalue weighted by Crippen LogP contribution is 2.38. The fourth-order valence-electron chi connectivity index (χ4n) is 2.38.